The van der Waals surface area contributed by atoms with Crippen molar-refractivity contribution in [2.75, 3.05) is 6.54 Å². The van der Waals surface area contributed by atoms with E-state index in [4.69, 9.17) is 9.47 Å². The van der Waals surface area contributed by atoms with Gasteiger partial charge in [-0.2, -0.15) is 0 Å². The minimum atomic E-state index is -0.163. The standard InChI is InChI=1S/C33H53NO5/c1-19(18-34(21(3)35)22(4)36)8-11-29-20(2)31-30(39-29)17-28-26-10-9-24-16-25(38-23(5)37)12-14-32(24,6)27(26)13-15-33(28,31)7/h19-20,24-31H,8-18H2,1-7H3/t19-,20-,24+,25+,26-,27+,28+,29+,30+,31+,32+,33+/m1/s1. The number of rotatable bonds is 6. The van der Waals surface area contributed by atoms with E-state index in [1.165, 1.54) is 57.3 Å². The van der Waals surface area contributed by atoms with E-state index in [0.717, 1.165) is 43.4 Å². The Kier molecular flexibility index (Phi) is 8.02. The lowest BCUT2D eigenvalue weighted by Crippen LogP contribution is -2.54. The molecule has 5 aliphatic rings. The molecule has 4 aliphatic carbocycles. The number of fused-ring (bicyclic) bond motifs is 7. The van der Waals surface area contributed by atoms with Crippen molar-refractivity contribution >= 4 is 17.8 Å². The zero-order valence-corrected chi connectivity index (χ0v) is 25.5. The summed E-state index contributed by atoms with van der Waals surface area (Å²) in [7, 11) is 0. The highest BCUT2D eigenvalue weighted by molar-refractivity contribution is 5.92. The predicted octanol–water partition coefficient (Wildman–Crippen LogP) is 6.40. The number of carbonyl (C=O) groups is 3. The van der Waals surface area contributed by atoms with Gasteiger partial charge in [0.25, 0.3) is 0 Å². The summed E-state index contributed by atoms with van der Waals surface area (Å²) in [5, 5.41) is 0. The van der Waals surface area contributed by atoms with Crippen molar-refractivity contribution in [3.63, 3.8) is 0 Å². The van der Waals surface area contributed by atoms with Crippen LogP contribution in [0.5, 0.6) is 0 Å². The van der Waals surface area contributed by atoms with Crippen molar-refractivity contribution in [1.82, 2.24) is 4.90 Å². The second kappa shape index (κ2) is 10.8. The van der Waals surface area contributed by atoms with Gasteiger partial charge < -0.3 is 9.47 Å². The zero-order chi connectivity index (χ0) is 28.3. The summed E-state index contributed by atoms with van der Waals surface area (Å²) >= 11 is 0. The highest BCUT2D eigenvalue weighted by Crippen LogP contribution is 2.70. The van der Waals surface area contributed by atoms with Gasteiger partial charge in [-0.05, 0) is 116 Å². The fourth-order valence-corrected chi connectivity index (χ4v) is 10.9. The number of nitrogens with zero attached hydrogens (tertiary/aromatic N) is 1. The Morgan fingerprint density at radius 2 is 1.64 bits per heavy atom. The van der Waals surface area contributed by atoms with Gasteiger partial charge in [0.1, 0.15) is 6.10 Å². The monoisotopic (exact) mass is 543 g/mol. The maximum Gasteiger partial charge on any atom is 0.302 e. The van der Waals surface area contributed by atoms with Crippen LogP contribution in [0.4, 0.5) is 0 Å². The molecule has 0 aromatic rings. The van der Waals surface area contributed by atoms with Gasteiger partial charge in [0, 0.05) is 27.3 Å². The summed E-state index contributed by atoms with van der Waals surface area (Å²) in [6.45, 7) is 14.8. The molecule has 0 aromatic carbocycles. The largest absolute Gasteiger partial charge is 0.463 e. The molecule has 5 rings (SSSR count). The molecule has 0 unspecified atom stereocenters. The van der Waals surface area contributed by atoms with Crippen LogP contribution in [0.15, 0.2) is 0 Å². The maximum atomic E-state index is 11.8. The van der Waals surface area contributed by atoms with Crippen LogP contribution in [-0.2, 0) is 23.9 Å². The molecule has 0 N–H and O–H groups in total. The first kappa shape index (κ1) is 29.1. The molecule has 12 atom stereocenters. The zero-order valence-electron chi connectivity index (χ0n) is 25.5. The number of ether oxygens (including phenoxy) is 2. The van der Waals surface area contributed by atoms with Crippen molar-refractivity contribution in [2.24, 2.45) is 52.3 Å². The van der Waals surface area contributed by atoms with Crippen molar-refractivity contribution in [2.45, 2.75) is 131 Å². The van der Waals surface area contributed by atoms with E-state index in [1.54, 1.807) is 6.92 Å². The van der Waals surface area contributed by atoms with Crippen LogP contribution in [0, 0.1) is 52.3 Å². The molecule has 6 heteroatoms. The van der Waals surface area contributed by atoms with E-state index in [-0.39, 0.29) is 35.9 Å². The summed E-state index contributed by atoms with van der Waals surface area (Å²) < 4.78 is 12.5. The smallest absolute Gasteiger partial charge is 0.302 e. The van der Waals surface area contributed by atoms with Gasteiger partial charge in [-0.15, -0.1) is 0 Å². The highest BCUT2D eigenvalue weighted by atomic mass is 16.5. The van der Waals surface area contributed by atoms with Crippen LogP contribution < -0.4 is 0 Å². The Morgan fingerprint density at radius 3 is 2.31 bits per heavy atom. The van der Waals surface area contributed by atoms with Gasteiger partial charge in [-0.3, -0.25) is 19.3 Å². The van der Waals surface area contributed by atoms with E-state index >= 15 is 0 Å². The van der Waals surface area contributed by atoms with Crippen LogP contribution in [0.1, 0.15) is 113 Å². The molecule has 1 saturated heterocycles. The van der Waals surface area contributed by atoms with E-state index in [2.05, 4.69) is 27.7 Å². The molecule has 0 bridgehead atoms. The number of esters is 1. The topological polar surface area (TPSA) is 72.9 Å². The second-order valence-corrected chi connectivity index (χ2v) is 14.9. The Balaban J connectivity index is 1.21. The molecular weight excluding hydrogens is 490 g/mol. The lowest BCUT2D eigenvalue weighted by molar-refractivity contribution is -0.160. The lowest BCUT2D eigenvalue weighted by atomic mass is 9.44. The second-order valence-electron chi connectivity index (χ2n) is 14.9. The van der Waals surface area contributed by atoms with Gasteiger partial charge >= 0.3 is 5.97 Å². The number of hydrogen-bond acceptors (Lipinski definition) is 5. The predicted molar refractivity (Wildman–Crippen MR) is 150 cm³/mol. The summed E-state index contributed by atoms with van der Waals surface area (Å²) in [5.41, 5.74) is 0.751. The SMILES string of the molecule is CC(=O)O[C@H]1CC[C@@]2(C)[C@@H](CC[C@@H]3[C@@H]2CC[C@]2(C)[C@H]4[C@H](C)[C@H](CC[C@@H](C)CN(C(C)=O)C(C)=O)O[C@H]4C[C@@H]32)C1. The molecule has 0 aromatic heterocycles. The Labute approximate surface area is 236 Å². The number of amides is 2. The molecule has 4 saturated carbocycles. The van der Waals surface area contributed by atoms with Crippen LogP contribution in [0.3, 0.4) is 0 Å². The van der Waals surface area contributed by atoms with E-state index < -0.39 is 0 Å². The Morgan fingerprint density at radius 1 is 0.949 bits per heavy atom. The van der Waals surface area contributed by atoms with Crippen LogP contribution in [-0.4, -0.2) is 47.5 Å². The summed E-state index contributed by atoms with van der Waals surface area (Å²) in [6.07, 6.45) is 12.5. The number of carbonyl (C=O) groups excluding carboxylic acids is 3. The van der Waals surface area contributed by atoms with Crippen molar-refractivity contribution in [1.29, 1.82) is 0 Å². The van der Waals surface area contributed by atoms with Crippen molar-refractivity contribution in [3.8, 4) is 0 Å². The fourth-order valence-electron chi connectivity index (χ4n) is 10.9. The molecule has 0 spiro atoms. The van der Waals surface area contributed by atoms with Crippen LogP contribution >= 0.6 is 0 Å². The first-order chi connectivity index (χ1) is 18.3. The fraction of sp³-hybridized carbons (Fsp3) is 0.909. The van der Waals surface area contributed by atoms with Crippen LogP contribution in [0.2, 0.25) is 0 Å². The minimum Gasteiger partial charge on any atom is -0.463 e. The third kappa shape index (κ3) is 5.10. The van der Waals surface area contributed by atoms with Gasteiger partial charge in [-0.1, -0.05) is 27.7 Å². The molecule has 39 heavy (non-hydrogen) atoms. The minimum absolute atomic E-state index is 0.124. The molecule has 6 nitrogen and oxygen atoms in total. The maximum absolute atomic E-state index is 11.8. The van der Waals surface area contributed by atoms with Crippen molar-refractivity contribution < 1.29 is 23.9 Å². The molecular formula is C33H53NO5. The molecule has 5 fully saturated rings. The van der Waals surface area contributed by atoms with Gasteiger partial charge in [0.15, 0.2) is 0 Å². The normalized spacial score (nSPS) is 45.4. The van der Waals surface area contributed by atoms with Gasteiger partial charge in [0.2, 0.25) is 11.8 Å². The average molecular weight is 544 g/mol. The van der Waals surface area contributed by atoms with Gasteiger partial charge in [-0.25, -0.2) is 0 Å². The highest BCUT2D eigenvalue weighted by Gasteiger charge is 2.65. The number of imide groups is 1. The first-order valence-electron chi connectivity index (χ1n) is 16.0. The Hall–Kier alpha value is -1.43. The van der Waals surface area contributed by atoms with Crippen molar-refractivity contribution in [3.05, 3.63) is 0 Å². The van der Waals surface area contributed by atoms with E-state index in [0.29, 0.717) is 41.2 Å². The summed E-state index contributed by atoms with van der Waals surface area (Å²) in [4.78, 5) is 36.7. The van der Waals surface area contributed by atoms with Gasteiger partial charge in [0.05, 0.1) is 12.2 Å². The average Bonchev–Trinajstić information content (AvgIpc) is 3.33. The molecule has 220 valence electrons. The quantitative estimate of drug-likeness (QED) is 0.362. The summed E-state index contributed by atoms with van der Waals surface area (Å²) in [6, 6.07) is 0. The molecule has 2 amide bonds. The third-order valence-electron chi connectivity index (χ3n) is 12.7. The molecule has 1 aliphatic heterocycles. The first-order valence-corrected chi connectivity index (χ1v) is 16.0. The third-order valence-corrected chi connectivity index (χ3v) is 12.7. The lowest BCUT2D eigenvalue weighted by Gasteiger charge is -2.61. The molecule has 1 heterocycles. The molecule has 0 radical (unpaired) electrons. The summed E-state index contributed by atoms with van der Waals surface area (Å²) in [5.74, 6) is 4.06. The Bertz CT molecular complexity index is 952. The van der Waals surface area contributed by atoms with Crippen LogP contribution in [0.25, 0.3) is 0 Å². The number of hydrogen-bond donors (Lipinski definition) is 0. The van der Waals surface area contributed by atoms with E-state index in [1.807, 2.05) is 0 Å². The van der Waals surface area contributed by atoms with E-state index in [9.17, 15) is 14.4 Å².